The van der Waals surface area contributed by atoms with Gasteiger partial charge in [0.25, 0.3) is 20.1 Å². The topological polar surface area (TPSA) is 53.1 Å². The number of hydrogen-bond donors (Lipinski definition) is 0. The van der Waals surface area contributed by atoms with Crippen LogP contribution in [0.15, 0.2) is 291 Å². The highest BCUT2D eigenvalue weighted by molar-refractivity contribution is 7.03. The van der Waals surface area contributed by atoms with E-state index in [0.717, 1.165) is 158 Å². The van der Waals surface area contributed by atoms with E-state index < -0.39 is 0 Å². The van der Waals surface area contributed by atoms with E-state index in [2.05, 4.69) is 330 Å². The van der Waals surface area contributed by atoms with Crippen LogP contribution in [-0.4, -0.2) is 34.2 Å². The maximum atomic E-state index is 7.55. The minimum Gasteiger partial charge on any atom is -0.458 e. The van der Waals surface area contributed by atoms with Gasteiger partial charge in [0, 0.05) is 113 Å². The number of anilines is 13. The van der Waals surface area contributed by atoms with Gasteiger partial charge in [0.2, 0.25) is 0 Å². The third kappa shape index (κ3) is 7.96. The molecule has 12 heteroatoms. The van der Waals surface area contributed by atoms with E-state index in [-0.39, 0.29) is 20.1 Å². The molecule has 432 valence electrons. The first-order valence-electron chi connectivity index (χ1n) is 31.4. The van der Waals surface area contributed by atoms with Crippen molar-refractivity contribution in [3.05, 3.63) is 291 Å². The van der Waals surface area contributed by atoms with E-state index in [1.807, 2.05) is 0 Å². The molecular weight excluding hydrogens is 1130 g/mol. The molecule has 0 N–H and O–H groups in total. The van der Waals surface area contributed by atoms with Gasteiger partial charge >= 0.3 is 0 Å². The fourth-order valence-electron chi connectivity index (χ4n) is 15.4. The molecule has 6 heterocycles. The Balaban J connectivity index is 0.828. The summed E-state index contributed by atoms with van der Waals surface area (Å²) in [6.45, 7) is -0.636. The predicted octanol–water partition coefficient (Wildman–Crippen LogP) is 14.2. The number of hydrogen-bond acceptors (Lipinski definition) is 9. The van der Waals surface area contributed by atoms with E-state index >= 15 is 0 Å². The van der Waals surface area contributed by atoms with Gasteiger partial charge in [-0.2, -0.15) is 0 Å². The van der Waals surface area contributed by atoms with E-state index in [4.69, 9.17) is 18.9 Å². The lowest BCUT2D eigenvalue weighted by Crippen LogP contribution is -2.64. The summed E-state index contributed by atoms with van der Waals surface area (Å²) in [4.78, 5) is 11.6. The van der Waals surface area contributed by atoms with Crippen LogP contribution in [0.25, 0.3) is 0 Å². The Morgan fingerprint density at radius 2 is 0.489 bits per heavy atom. The first-order chi connectivity index (χ1) is 45.5. The Labute approximate surface area is 535 Å². The highest BCUT2D eigenvalue weighted by Crippen LogP contribution is 2.49. The predicted molar refractivity (Wildman–Crippen MR) is 380 cm³/mol. The summed E-state index contributed by atoms with van der Waals surface area (Å²) in [5, 5.41) is 0. The van der Waals surface area contributed by atoms with Crippen molar-refractivity contribution in [2.24, 2.45) is 0 Å². The van der Waals surface area contributed by atoms with Crippen LogP contribution in [0.5, 0.6) is 46.0 Å². The van der Waals surface area contributed by atoms with Crippen molar-refractivity contribution >= 4 is 143 Å². The zero-order chi connectivity index (χ0) is 60.7. The molecule has 0 aliphatic carbocycles. The van der Waals surface area contributed by atoms with Gasteiger partial charge in [-0.05, 0) is 141 Å². The van der Waals surface area contributed by atoms with Crippen LogP contribution in [0.4, 0.5) is 73.9 Å². The zero-order valence-corrected chi connectivity index (χ0v) is 50.3. The summed E-state index contributed by atoms with van der Waals surface area (Å²) in [6, 6.07) is 104. The van der Waals surface area contributed by atoms with Crippen LogP contribution < -0.4 is 92.6 Å². The third-order valence-electron chi connectivity index (χ3n) is 19.4. The Morgan fingerprint density at radius 1 is 0.217 bits per heavy atom. The number of rotatable bonds is 9. The maximum absolute atomic E-state index is 7.55. The molecule has 13 aromatic carbocycles. The van der Waals surface area contributed by atoms with Crippen LogP contribution >= 0.6 is 0 Å². The summed E-state index contributed by atoms with van der Waals surface area (Å²) in [5.74, 6) is 6.40. The van der Waals surface area contributed by atoms with Crippen molar-refractivity contribution in [2.45, 2.75) is 0 Å². The molecule has 0 radical (unpaired) electrons. The molecule has 0 fully saturated rings. The highest BCUT2D eigenvalue weighted by atomic mass is 16.5. The number of nitrogens with zero attached hydrogens (tertiary/aromatic N) is 5. The summed E-state index contributed by atoms with van der Waals surface area (Å²) in [5.41, 5.74) is 23.3. The van der Waals surface area contributed by atoms with Gasteiger partial charge in [0.1, 0.15) is 46.0 Å². The SMILES string of the molecule is CN1c2cc3c(cc2B2c4ccccc4Oc4cc(N(c5ccccc5)c5ccccc5)cc1c42)B1c2cc4c(cc2Oc2cc(N(c5ccccc5)c5ccccc5)cc(c21)O3)N(C)c1cc(N(c2ccccc2)c2ccccc2)cc2c1B4c1ccccc1O2. The monoisotopic (exact) mass is 1180 g/mol. The number of benzene rings is 13. The minimum absolute atomic E-state index is 0.166. The van der Waals surface area contributed by atoms with Gasteiger partial charge in [0.15, 0.2) is 0 Å². The molecule has 0 bridgehead atoms. The van der Waals surface area contributed by atoms with Crippen molar-refractivity contribution in [3.8, 4) is 46.0 Å². The molecule has 0 aromatic heterocycles. The first-order valence-corrected chi connectivity index (χ1v) is 31.4. The van der Waals surface area contributed by atoms with Crippen molar-refractivity contribution in [2.75, 3.05) is 38.6 Å². The largest absolute Gasteiger partial charge is 0.458 e. The molecule has 0 spiro atoms. The van der Waals surface area contributed by atoms with E-state index in [9.17, 15) is 0 Å². The number of ether oxygens (including phenoxy) is 4. The minimum atomic E-state index is -0.304. The standard InChI is InChI=1S/C80H54B3N5O4/c1-84-66-49-72-64(47-62(66)81-60-37-21-23-39-70(60)89-74-43-57(41-68(84)78(74)81)86(51-25-9-3-10-26-51)52-27-11-4-12-28-52)83-65-48-63-67(50-73(65)92-77-46-59(45-76(91-72)80(77)83)88(55-33-17-7-18-34-55)56-35-19-8-20-36-56)85(2)69-42-58(44-75-79(69)82(63)61-38-22-24-40-71(61)90-75)87(53-29-13-5-14-30-53)54-31-15-6-16-32-54/h3-50H,1-2H3. The van der Waals surface area contributed by atoms with Crippen molar-refractivity contribution in [3.63, 3.8) is 0 Å². The van der Waals surface area contributed by atoms with Crippen LogP contribution in [0.3, 0.4) is 0 Å². The van der Waals surface area contributed by atoms with Crippen molar-refractivity contribution in [1.29, 1.82) is 0 Å². The average Bonchev–Trinajstić information content (AvgIpc) is 0.705. The quantitative estimate of drug-likeness (QED) is 0.132. The van der Waals surface area contributed by atoms with Gasteiger partial charge < -0.3 is 43.4 Å². The smallest absolute Gasteiger partial charge is 0.260 e. The Morgan fingerprint density at radius 3 is 0.826 bits per heavy atom. The Bertz CT molecular complexity index is 4750. The number of fused-ring (bicyclic) bond motifs is 12. The molecule has 13 aromatic rings. The van der Waals surface area contributed by atoms with Crippen LogP contribution in [-0.2, 0) is 0 Å². The summed E-state index contributed by atoms with van der Waals surface area (Å²) >= 11 is 0. The lowest BCUT2D eigenvalue weighted by molar-refractivity contribution is 0.465. The second-order valence-electron chi connectivity index (χ2n) is 24.4. The van der Waals surface area contributed by atoms with Gasteiger partial charge in [-0.25, -0.2) is 0 Å². The van der Waals surface area contributed by atoms with E-state index in [1.165, 1.54) is 10.9 Å². The third-order valence-corrected chi connectivity index (χ3v) is 19.4. The molecule has 0 unspecified atom stereocenters. The molecule has 6 aliphatic heterocycles. The van der Waals surface area contributed by atoms with Gasteiger partial charge in [-0.3, -0.25) is 0 Å². The summed E-state index contributed by atoms with van der Waals surface area (Å²) in [6.07, 6.45) is 0. The van der Waals surface area contributed by atoms with Crippen molar-refractivity contribution in [1.82, 2.24) is 0 Å². The molecule has 0 atom stereocenters. The first kappa shape index (κ1) is 52.2. The van der Waals surface area contributed by atoms with Crippen molar-refractivity contribution < 1.29 is 18.9 Å². The van der Waals surface area contributed by atoms with Crippen LogP contribution in [0.2, 0.25) is 0 Å². The lowest BCUT2D eigenvalue weighted by atomic mass is 9.30. The van der Waals surface area contributed by atoms with E-state index in [0.29, 0.717) is 0 Å². The molecule has 0 amide bonds. The fraction of sp³-hybridized carbons (Fsp3) is 0.0250. The van der Waals surface area contributed by atoms with Gasteiger partial charge in [0.05, 0.1) is 17.1 Å². The maximum Gasteiger partial charge on any atom is 0.260 e. The normalized spacial score (nSPS) is 13.3. The molecule has 9 nitrogen and oxygen atoms in total. The number of para-hydroxylation sites is 8. The molecule has 92 heavy (non-hydrogen) atoms. The molecule has 6 aliphatic rings. The van der Waals surface area contributed by atoms with E-state index in [1.54, 1.807) is 0 Å². The average molecular weight is 1180 g/mol. The Hall–Kier alpha value is -11.7. The van der Waals surface area contributed by atoms with Crippen LogP contribution in [0.1, 0.15) is 0 Å². The molecule has 19 rings (SSSR count). The molecule has 0 saturated carbocycles. The van der Waals surface area contributed by atoms with Crippen LogP contribution in [0, 0.1) is 0 Å². The second kappa shape index (κ2) is 20.4. The summed E-state index contributed by atoms with van der Waals surface area (Å²) < 4.78 is 29.3. The Kier molecular flexibility index (Phi) is 11.6. The molecule has 0 saturated heterocycles. The molecular formula is C80H54B3N5O4. The highest BCUT2D eigenvalue weighted by Gasteiger charge is 2.49. The lowest BCUT2D eigenvalue weighted by Gasteiger charge is -2.42. The second-order valence-corrected chi connectivity index (χ2v) is 24.4. The van der Waals surface area contributed by atoms with Gasteiger partial charge in [-0.1, -0.05) is 158 Å². The fourth-order valence-corrected chi connectivity index (χ4v) is 15.4. The zero-order valence-electron chi connectivity index (χ0n) is 50.3. The van der Waals surface area contributed by atoms with Gasteiger partial charge in [-0.15, -0.1) is 0 Å². The summed E-state index contributed by atoms with van der Waals surface area (Å²) in [7, 11) is 4.38.